The van der Waals surface area contributed by atoms with Crippen LogP contribution in [0, 0.1) is 5.82 Å². The molecule has 3 rings (SSSR count). The zero-order chi connectivity index (χ0) is 21.5. The molecule has 1 unspecified atom stereocenters. The van der Waals surface area contributed by atoms with E-state index in [0.717, 1.165) is 0 Å². The molecule has 2 saturated heterocycles. The summed E-state index contributed by atoms with van der Waals surface area (Å²) in [6.45, 7) is -1.19. The second kappa shape index (κ2) is 8.55. The maximum absolute atomic E-state index is 13.5. The van der Waals surface area contributed by atoms with E-state index in [-0.39, 0.29) is 0 Å². The van der Waals surface area contributed by atoms with Crippen LogP contribution in [-0.2, 0) is 14.2 Å². The predicted molar refractivity (Wildman–Crippen MR) is 86.9 cm³/mol. The van der Waals surface area contributed by atoms with Crippen molar-refractivity contribution in [2.45, 2.75) is 55.2 Å². The van der Waals surface area contributed by atoms with Gasteiger partial charge >= 0.3 is 5.69 Å². The number of H-pyrrole nitrogens is 1. The molecule has 7 N–H and O–H groups in total. The Bertz CT molecular complexity index is 829. The van der Waals surface area contributed by atoms with Gasteiger partial charge in [-0.3, -0.25) is 14.3 Å². The van der Waals surface area contributed by atoms with Crippen LogP contribution in [0.2, 0.25) is 0 Å². The molecule has 0 aliphatic carbocycles. The van der Waals surface area contributed by atoms with E-state index in [1.807, 2.05) is 0 Å². The molecule has 14 heteroatoms. The van der Waals surface area contributed by atoms with Gasteiger partial charge in [-0.25, -0.2) is 4.79 Å². The van der Waals surface area contributed by atoms with E-state index in [1.165, 1.54) is 0 Å². The molecule has 0 amide bonds. The first kappa shape index (κ1) is 21.9. The van der Waals surface area contributed by atoms with E-state index < -0.39 is 85.5 Å². The van der Waals surface area contributed by atoms with Crippen LogP contribution in [0.25, 0.3) is 0 Å². The standard InChI is InChI=1S/C15H21FN2O11/c16-4-1-18(15(26)17-12(4)25)13-10(23)8(21)6(28-13)3-27-14-11(24)9(22)7(20)5(2-19)29-14/h1,5-11,13-14,19-24H,2-3H2,(H,17,25,26)/t5-,6-,7+,8-,9+,10-,11-,13-,14?/m1/s1. The maximum Gasteiger partial charge on any atom is 0.330 e. The van der Waals surface area contributed by atoms with Crippen molar-refractivity contribution in [3.05, 3.63) is 32.9 Å². The zero-order valence-corrected chi connectivity index (χ0v) is 14.7. The minimum Gasteiger partial charge on any atom is -0.394 e. The largest absolute Gasteiger partial charge is 0.394 e. The molecule has 0 bridgehead atoms. The lowest BCUT2D eigenvalue weighted by atomic mass is 9.99. The summed E-state index contributed by atoms with van der Waals surface area (Å²) in [7, 11) is 0. The molecule has 1 aromatic rings. The summed E-state index contributed by atoms with van der Waals surface area (Å²) in [5.41, 5.74) is -2.34. The highest BCUT2D eigenvalue weighted by Gasteiger charge is 2.47. The van der Waals surface area contributed by atoms with Crippen molar-refractivity contribution in [1.29, 1.82) is 0 Å². The normalized spacial score (nSPS) is 40.3. The Morgan fingerprint density at radius 1 is 1.00 bits per heavy atom. The summed E-state index contributed by atoms with van der Waals surface area (Å²) in [6, 6.07) is 0. The van der Waals surface area contributed by atoms with Gasteiger partial charge in [-0.1, -0.05) is 0 Å². The fourth-order valence-electron chi connectivity index (χ4n) is 3.14. The summed E-state index contributed by atoms with van der Waals surface area (Å²) >= 11 is 0. The van der Waals surface area contributed by atoms with Gasteiger partial charge in [0, 0.05) is 0 Å². The van der Waals surface area contributed by atoms with Crippen LogP contribution in [0.4, 0.5) is 4.39 Å². The molecule has 0 spiro atoms. The number of aliphatic hydroxyl groups excluding tert-OH is 6. The van der Waals surface area contributed by atoms with Crippen LogP contribution in [0.1, 0.15) is 6.23 Å². The zero-order valence-electron chi connectivity index (χ0n) is 14.7. The van der Waals surface area contributed by atoms with Crippen molar-refractivity contribution in [3.8, 4) is 0 Å². The first-order valence-corrected chi connectivity index (χ1v) is 8.60. The van der Waals surface area contributed by atoms with Crippen LogP contribution < -0.4 is 11.2 Å². The SMILES string of the molecule is O=c1[nH]c(=O)n([C@@H]2O[C@H](COC3O[C@H](CO)[C@H](O)[C@H](O)[C@H]3O)[C@@H](O)[C@H]2O)cc1F. The molecule has 0 radical (unpaired) electrons. The first-order chi connectivity index (χ1) is 13.6. The quantitative estimate of drug-likeness (QED) is 0.239. The number of aromatic nitrogens is 2. The van der Waals surface area contributed by atoms with Gasteiger partial charge in [0.1, 0.15) is 42.7 Å². The van der Waals surface area contributed by atoms with Crippen molar-refractivity contribution >= 4 is 0 Å². The number of aliphatic hydroxyl groups is 6. The third-order valence-electron chi connectivity index (χ3n) is 4.81. The number of halogens is 1. The Balaban J connectivity index is 1.69. The van der Waals surface area contributed by atoms with E-state index in [2.05, 4.69) is 0 Å². The van der Waals surface area contributed by atoms with E-state index in [0.29, 0.717) is 10.8 Å². The van der Waals surface area contributed by atoms with Gasteiger partial charge in [-0.05, 0) is 0 Å². The van der Waals surface area contributed by atoms with Crippen LogP contribution in [0.3, 0.4) is 0 Å². The van der Waals surface area contributed by atoms with Gasteiger partial charge in [0.05, 0.1) is 19.4 Å². The van der Waals surface area contributed by atoms with Crippen LogP contribution in [0.15, 0.2) is 15.8 Å². The monoisotopic (exact) mass is 424 g/mol. The van der Waals surface area contributed by atoms with Gasteiger partial charge in [0.25, 0.3) is 5.56 Å². The molecule has 0 saturated carbocycles. The number of aromatic amines is 1. The fraction of sp³-hybridized carbons (Fsp3) is 0.733. The van der Waals surface area contributed by atoms with Gasteiger partial charge < -0.3 is 44.8 Å². The number of hydrogen-bond acceptors (Lipinski definition) is 11. The van der Waals surface area contributed by atoms with Gasteiger partial charge in [0.2, 0.25) is 5.82 Å². The van der Waals surface area contributed by atoms with Gasteiger partial charge in [-0.2, -0.15) is 4.39 Å². The molecule has 0 aromatic carbocycles. The highest BCUT2D eigenvalue weighted by Crippen LogP contribution is 2.30. The Labute approximate surface area is 161 Å². The predicted octanol–water partition coefficient (Wildman–Crippen LogP) is -4.89. The average Bonchev–Trinajstić information content (AvgIpc) is 2.97. The highest BCUT2D eigenvalue weighted by molar-refractivity contribution is 4.95. The molecule has 3 heterocycles. The molecule has 29 heavy (non-hydrogen) atoms. The highest BCUT2D eigenvalue weighted by atomic mass is 19.1. The van der Waals surface area contributed by atoms with Crippen LogP contribution in [-0.4, -0.2) is 102 Å². The number of hydrogen-bond donors (Lipinski definition) is 7. The fourth-order valence-corrected chi connectivity index (χ4v) is 3.14. The van der Waals surface area contributed by atoms with E-state index >= 15 is 0 Å². The smallest absolute Gasteiger partial charge is 0.330 e. The van der Waals surface area contributed by atoms with Crippen molar-refractivity contribution in [2.75, 3.05) is 13.2 Å². The maximum atomic E-state index is 13.5. The molecule has 2 aliphatic rings. The Morgan fingerprint density at radius 2 is 1.66 bits per heavy atom. The lowest BCUT2D eigenvalue weighted by molar-refractivity contribution is -0.306. The second-order valence-corrected chi connectivity index (χ2v) is 6.72. The Kier molecular flexibility index (Phi) is 6.47. The molecule has 1 aromatic heterocycles. The minimum absolute atomic E-state index is 0.516. The second-order valence-electron chi connectivity index (χ2n) is 6.72. The Hall–Kier alpha value is -1.75. The molecule has 9 atom stereocenters. The summed E-state index contributed by atoms with van der Waals surface area (Å²) in [6.07, 6.45) is -13.3. The molecule has 2 aliphatic heterocycles. The van der Waals surface area contributed by atoms with E-state index in [9.17, 15) is 39.5 Å². The van der Waals surface area contributed by atoms with E-state index in [1.54, 1.807) is 4.98 Å². The van der Waals surface area contributed by atoms with Crippen molar-refractivity contribution < 1.29 is 49.2 Å². The van der Waals surface area contributed by atoms with Crippen molar-refractivity contribution in [1.82, 2.24) is 9.55 Å². The summed E-state index contributed by atoms with van der Waals surface area (Å²) in [4.78, 5) is 24.6. The third kappa shape index (κ3) is 4.11. The lowest BCUT2D eigenvalue weighted by Gasteiger charge is -2.39. The summed E-state index contributed by atoms with van der Waals surface area (Å²) in [5.74, 6) is -1.31. The number of nitrogens with zero attached hydrogens (tertiary/aromatic N) is 1. The average molecular weight is 424 g/mol. The topological polar surface area (TPSA) is 204 Å². The van der Waals surface area contributed by atoms with Gasteiger partial charge in [-0.15, -0.1) is 0 Å². The van der Waals surface area contributed by atoms with Crippen LogP contribution >= 0.6 is 0 Å². The summed E-state index contributed by atoms with van der Waals surface area (Å²) in [5, 5.41) is 58.8. The number of ether oxygens (including phenoxy) is 3. The lowest BCUT2D eigenvalue weighted by Crippen LogP contribution is -2.59. The summed E-state index contributed by atoms with van der Waals surface area (Å²) < 4.78 is 29.7. The Morgan fingerprint density at radius 3 is 2.31 bits per heavy atom. The van der Waals surface area contributed by atoms with Gasteiger partial charge in [0.15, 0.2) is 12.5 Å². The first-order valence-electron chi connectivity index (χ1n) is 8.60. The molecule has 13 nitrogen and oxygen atoms in total. The molecule has 164 valence electrons. The number of rotatable bonds is 5. The number of nitrogens with one attached hydrogen (secondary N) is 1. The minimum atomic E-state index is -1.69. The molecular formula is C15H21FN2O11. The van der Waals surface area contributed by atoms with Crippen molar-refractivity contribution in [3.63, 3.8) is 0 Å². The molecule has 2 fully saturated rings. The van der Waals surface area contributed by atoms with E-state index in [4.69, 9.17) is 19.3 Å². The van der Waals surface area contributed by atoms with Crippen molar-refractivity contribution in [2.24, 2.45) is 0 Å². The van der Waals surface area contributed by atoms with Crippen LogP contribution in [0.5, 0.6) is 0 Å². The third-order valence-corrected chi connectivity index (χ3v) is 4.81. The molecular weight excluding hydrogens is 403 g/mol.